The molecule has 3 aromatic rings. The molecule has 196 valence electrons. The molecule has 2 bridgehead atoms. The maximum absolute atomic E-state index is 13.1. The summed E-state index contributed by atoms with van der Waals surface area (Å²) in [6.07, 6.45) is 3.61. The number of hydrogen-bond donors (Lipinski definition) is 2. The van der Waals surface area contributed by atoms with Crippen molar-refractivity contribution >= 4 is 11.8 Å². The molecule has 0 saturated heterocycles. The number of rotatable bonds is 4. The molecule has 9 heteroatoms. The van der Waals surface area contributed by atoms with Crippen LogP contribution in [0.2, 0.25) is 0 Å². The maximum Gasteiger partial charge on any atom is 0.242 e. The zero-order valence-electron chi connectivity index (χ0n) is 21.6. The summed E-state index contributed by atoms with van der Waals surface area (Å²) in [4.78, 5) is 32.6. The molecule has 4 rings (SSSR count). The lowest BCUT2D eigenvalue weighted by molar-refractivity contribution is -0.130. The van der Waals surface area contributed by atoms with Crippen molar-refractivity contribution in [2.45, 2.75) is 33.0 Å². The van der Waals surface area contributed by atoms with E-state index in [1.807, 2.05) is 78.0 Å². The molecule has 1 atom stereocenters. The van der Waals surface area contributed by atoms with Crippen LogP contribution in [0.15, 0.2) is 60.9 Å². The van der Waals surface area contributed by atoms with E-state index in [1.54, 1.807) is 13.3 Å². The van der Waals surface area contributed by atoms with Crippen molar-refractivity contribution in [1.29, 1.82) is 0 Å². The number of imidazole rings is 1. The van der Waals surface area contributed by atoms with Crippen LogP contribution in [-0.4, -0.2) is 65.7 Å². The van der Waals surface area contributed by atoms with Crippen LogP contribution >= 0.6 is 0 Å². The summed E-state index contributed by atoms with van der Waals surface area (Å²) in [7, 11) is 1.61. The lowest BCUT2D eigenvalue weighted by Crippen LogP contribution is -2.52. The highest BCUT2D eigenvalue weighted by molar-refractivity contribution is 5.88. The van der Waals surface area contributed by atoms with Crippen molar-refractivity contribution in [3.8, 4) is 22.9 Å². The number of aromatic nitrogens is 2. The Morgan fingerprint density at radius 2 is 1.95 bits per heavy atom. The van der Waals surface area contributed by atoms with Crippen molar-refractivity contribution in [2.24, 2.45) is 5.92 Å². The number of amides is 2. The SMILES string of the molecule is COc1ccc2cc1OCCN(Cc1ccccc1)CC(=O)N[C@H](C(C)C)C(=O)NCCn1ccnc1-2. The summed E-state index contributed by atoms with van der Waals surface area (Å²) in [5.41, 5.74) is 1.97. The molecule has 0 fully saturated rings. The normalized spacial score (nSPS) is 17.8. The van der Waals surface area contributed by atoms with Crippen LogP contribution in [-0.2, 0) is 22.7 Å². The van der Waals surface area contributed by atoms with Gasteiger partial charge >= 0.3 is 0 Å². The van der Waals surface area contributed by atoms with Gasteiger partial charge in [0.05, 0.1) is 13.7 Å². The van der Waals surface area contributed by atoms with Crippen LogP contribution in [0.5, 0.6) is 11.5 Å². The highest BCUT2D eigenvalue weighted by atomic mass is 16.5. The smallest absolute Gasteiger partial charge is 0.242 e. The van der Waals surface area contributed by atoms with Gasteiger partial charge in [-0.25, -0.2) is 4.98 Å². The van der Waals surface area contributed by atoms with E-state index in [0.29, 0.717) is 44.3 Å². The fourth-order valence-corrected chi connectivity index (χ4v) is 4.39. The van der Waals surface area contributed by atoms with Gasteiger partial charge in [0.15, 0.2) is 11.5 Å². The van der Waals surface area contributed by atoms with Gasteiger partial charge in [0, 0.05) is 44.1 Å². The summed E-state index contributed by atoms with van der Waals surface area (Å²) in [6, 6.07) is 15.1. The van der Waals surface area contributed by atoms with Crippen LogP contribution in [0, 0.1) is 5.92 Å². The summed E-state index contributed by atoms with van der Waals surface area (Å²) in [5.74, 6) is 1.54. The van der Waals surface area contributed by atoms with Crippen molar-refractivity contribution < 1.29 is 19.1 Å². The van der Waals surface area contributed by atoms with Crippen LogP contribution in [0.25, 0.3) is 11.4 Å². The van der Waals surface area contributed by atoms with Crippen molar-refractivity contribution in [3.05, 3.63) is 66.5 Å². The number of hydrogen-bond acceptors (Lipinski definition) is 6. The third-order valence-electron chi connectivity index (χ3n) is 6.34. The molecule has 0 unspecified atom stereocenters. The van der Waals surface area contributed by atoms with Gasteiger partial charge in [0.2, 0.25) is 11.8 Å². The van der Waals surface area contributed by atoms with E-state index in [4.69, 9.17) is 9.47 Å². The van der Waals surface area contributed by atoms with Gasteiger partial charge in [-0.15, -0.1) is 0 Å². The first kappa shape index (κ1) is 26.2. The second-order valence-electron chi connectivity index (χ2n) is 9.43. The van der Waals surface area contributed by atoms with Crippen LogP contribution in [0.4, 0.5) is 0 Å². The predicted octanol–water partition coefficient (Wildman–Crippen LogP) is 2.71. The molecule has 1 aliphatic rings. The van der Waals surface area contributed by atoms with E-state index in [2.05, 4.69) is 15.6 Å². The Balaban J connectivity index is 1.62. The third kappa shape index (κ3) is 6.89. The van der Waals surface area contributed by atoms with Gasteiger partial charge in [-0.05, 0) is 29.7 Å². The average molecular weight is 506 g/mol. The third-order valence-corrected chi connectivity index (χ3v) is 6.34. The molecule has 2 aromatic carbocycles. The Kier molecular flexibility index (Phi) is 8.79. The van der Waals surface area contributed by atoms with Crippen molar-refractivity contribution in [3.63, 3.8) is 0 Å². The number of carbonyl (C=O) groups excluding carboxylic acids is 2. The minimum absolute atomic E-state index is 0.0605. The van der Waals surface area contributed by atoms with Gasteiger partial charge in [-0.2, -0.15) is 0 Å². The molecule has 0 radical (unpaired) electrons. The highest BCUT2D eigenvalue weighted by Gasteiger charge is 2.25. The molecule has 1 aliphatic heterocycles. The first-order valence-electron chi connectivity index (χ1n) is 12.6. The molecule has 1 aromatic heterocycles. The molecule has 2 N–H and O–H groups in total. The molecule has 9 nitrogen and oxygen atoms in total. The number of nitrogens with one attached hydrogen (secondary N) is 2. The van der Waals surface area contributed by atoms with E-state index < -0.39 is 6.04 Å². The van der Waals surface area contributed by atoms with Crippen LogP contribution < -0.4 is 20.1 Å². The van der Waals surface area contributed by atoms with Gasteiger partial charge in [0.25, 0.3) is 0 Å². The minimum Gasteiger partial charge on any atom is -0.493 e. The Bertz CT molecular complexity index is 1190. The lowest BCUT2D eigenvalue weighted by atomic mass is 10.0. The van der Waals surface area contributed by atoms with E-state index in [1.165, 1.54) is 0 Å². The predicted molar refractivity (Wildman–Crippen MR) is 141 cm³/mol. The second-order valence-corrected chi connectivity index (χ2v) is 9.43. The fourth-order valence-electron chi connectivity index (χ4n) is 4.39. The summed E-state index contributed by atoms with van der Waals surface area (Å²) in [6.45, 7) is 6.36. The largest absolute Gasteiger partial charge is 0.493 e. The number of nitrogens with zero attached hydrogens (tertiary/aromatic N) is 3. The number of methoxy groups -OCH3 is 1. The average Bonchev–Trinajstić information content (AvgIpc) is 3.35. The zero-order chi connectivity index (χ0) is 26.2. The summed E-state index contributed by atoms with van der Waals surface area (Å²) in [5, 5.41) is 5.92. The number of ether oxygens (including phenoxy) is 2. The van der Waals surface area contributed by atoms with E-state index in [9.17, 15) is 9.59 Å². The van der Waals surface area contributed by atoms with E-state index >= 15 is 0 Å². The van der Waals surface area contributed by atoms with Crippen molar-refractivity contribution in [2.75, 3.05) is 33.4 Å². The Labute approximate surface area is 217 Å². The monoisotopic (exact) mass is 505 g/mol. The molecule has 0 aliphatic carbocycles. The topological polar surface area (TPSA) is 97.7 Å². The molecule has 2 heterocycles. The van der Waals surface area contributed by atoms with Crippen molar-refractivity contribution in [1.82, 2.24) is 25.1 Å². The highest BCUT2D eigenvalue weighted by Crippen LogP contribution is 2.32. The Morgan fingerprint density at radius 3 is 2.70 bits per heavy atom. The van der Waals surface area contributed by atoms with Crippen LogP contribution in [0.3, 0.4) is 0 Å². The van der Waals surface area contributed by atoms with Gasteiger partial charge < -0.3 is 24.7 Å². The van der Waals surface area contributed by atoms with Crippen LogP contribution in [0.1, 0.15) is 19.4 Å². The van der Waals surface area contributed by atoms with Gasteiger partial charge in [0.1, 0.15) is 18.5 Å². The quantitative estimate of drug-likeness (QED) is 0.566. The van der Waals surface area contributed by atoms with Gasteiger partial charge in [-0.3, -0.25) is 14.5 Å². The second kappa shape index (κ2) is 12.4. The standard InChI is InChI=1S/C28H35N5O4/c1-20(2)26-28(35)30-12-14-33-13-11-29-27(33)22-9-10-23(36-3)24(17-22)37-16-15-32(19-25(34)31-26)18-21-7-5-4-6-8-21/h4-11,13,17,20,26H,12,14-16,18-19H2,1-3H3,(H,30,35)(H,31,34)/t26-/m1/s1. The first-order chi connectivity index (χ1) is 17.9. The maximum atomic E-state index is 13.1. The summed E-state index contributed by atoms with van der Waals surface area (Å²) >= 11 is 0. The molecule has 2 amide bonds. The fraction of sp³-hybridized carbons (Fsp3) is 0.393. The number of carbonyl (C=O) groups is 2. The number of benzene rings is 2. The molecule has 0 spiro atoms. The minimum atomic E-state index is -0.625. The first-order valence-corrected chi connectivity index (χ1v) is 12.6. The van der Waals surface area contributed by atoms with E-state index in [-0.39, 0.29) is 24.3 Å². The molecule has 0 saturated carbocycles. The lowest BCUT2D eigenvalue weighted by Gasteiger charge is -2.25. The molecular formula is C28H35N5O4. The Hall–Kier alpha value is -3.85. The Morgan fingerprint density at radius 1 is 1.14 bits per heavy atom. The van der Waals surface area contributed by atoms with Gasteiger partial charge in [-0.1, -0.05) is 44.2 Å². The zero-order valence-corrected chi connectivity index (χ0v) is 21.6. The van der Waals surface area contributed by atoms with E-state index in [0.717, 1.165) is 17.0 Å². The number of fused-ring (bicyclic) bond motifs is 4. The summed E-state index contributed by atoms with van der Waals surface area (Å²) < 4.78 is 13.7. The molecular weight excluding hydrogens is 470 g/mol. The molecule has 37 heavy (non-hydrogen) atoms.